The standard InChI is InChI=1S/C26H28Cl2N4O2/c1-17-12-18(16-29)13-24-21(17)14-19(30(24)2)15-22-23(27)5-4-20(25(22)28)26(34)32-7-3-6-31(8-9-32)10-11-33/h4-5,12-14,33H,3,6-11,15H2,1-2H3. The highest BCUT2D eigenvalue weighted by molar-refractivity contribution is 6.38. The van der Waals surface area contributed by atoms with Gasteiger partial charge in [0.25, 0.3) is 5.91 Å². The monoisotopic (exact) mass is 498 g/mol. The van der Waals surface area contributed by atoms with Crippen LogP contribution < -0.4 is 0 Å². The topological polar surface area (TPSA) is 72.5 Å². The van der Waals surface area contributed by atoms with E-state index in [0.717, 1.165) is 47.2 Å². The largest absolute Gasteiger partial charge is 0.395 e. The lowest BCUT2D eigenvalue weighted by Crippen LogP contribution is -2.36. The van der Waals surface area contributed by atoms with Crippen LogP contribution >= 0.6 is 23.2 Å². The maximum Gasteiger partial charge on any atom is 0.255 e. The Morgan fingerprint density at radius 3 is 2.68 bits per heavy atom. The van der Waals surface area contributed by atoms with Crippen LogP contribution in [0.4, 0.5) is 0 Å². The average molecular weight is 499 g/mol. The number of rotatable bonds is 5. The molecule has 4 rings (SSSR count). The van der Waals surface area contributed by atoms with Gasteiger partial charge in [-0.25, -0.2) is 0 Å². The SMILES string of the molecule is Cc1cc(C#N)cc2c1cc(Cc1c(Cl)ccc(C(=O)N3CCCN(CCO)CC3)c1Cl)n2C. The van der Waals surface area contributed by atoms with Gasteiger partial charge in [-0.1, -0.05) is 23.2 Å². The van der Waals surface area contributed by atoms with Crippen molar-refractivity contribution < 1.29 is 9.90 Å². The number of β-amino-alcohol motifs (C(OH)–C–C–N with tert-alkyl or cyclic N) is 1. The van der Waals surface area contributed by atoms with Gasteiger partial charge in [-0.15, -0.1) is 0 Å². The van der Waals surface area contributed by atoms with Gasteiger partial charge in [-0.3, -0.25) is 9.69 Å². The minimum atomic E-state index is -0.0969. The van der Waals surface area contributed by atoms with E-state index in [1.807, 2.05) is 31.0 Å². The van der Waals surface area contributed by atoms with Gasteiger partial charge in [0.05, 0.1) is 28.8 Å². The quantitative estimate of drug-likeness (QED) is 0.565. The number of hydrogen-bond acceptors (Lipinski definition) is 4. The molecule has 178 valence electrons. The number of aliphatic hydroxyl groups excluding tert-OH is 1. The van der Waals surface area contributed by atoms with E-state index in [4.69, 9.17) is 23.2 Å². The van der Waals surface area contributed by atoms with Crippen molar-refractivity contribution in [1.82, 2.24) is 14.4 Å². The van der Waals surface area contributed by atoms with Crippen LogP contribution in [0.25, 0.3) is 10.9 Å². The summed E-state index contributed by atoms with van der Waals surface area (Å²) < 4.78 is 2.05. The first kappa shape index (κ1) is 24.6. The zero-order valence-corrected chi connectivity index (χ0v) is 21.0. The van der Waals surface area contributed by atoms with E-state index in [0.29, 0.717) is 47.2 Å². The molecule has 1 aromatic heterocycles. The predicted molar refractivity (Wildman–Crippen MR) is 136 cm³/mol. The molecule has 8 heteroatoms. The Labute approximate surface area is 209 Å². The van der Waals surface area contributed by atoms with Crippen LogP contribution in [-0.4, -0.2) is 64.7 Å². The fourth-order valence-corrected chi connectivity index (χ4v) is 5.30. The molecule has 0 aliphatic carbocycles. The normalized spacial score (nSPS) is 14.9. The second kappa shape index (κ2) is 10.4. The maximum absolute atomic E-state index is 13.4. The van der Waals surface area contributed by atoms with Gasteiger partial charge in [0, 0.05) is 61.3 Å². The van der Waals surface area contributed by atoms with Gasteiger partial charge in [-0.2, -0.15) is 5.26 Å². The lowest BCUT2D eigenvalue weighted by atomic mass is 10.0. The minimum Gasteiger partial charge on any atom is -0.395 e. The number of hydrogen-bond donors (Lipinski definition) is 1. The average Bonchev–Trinajstić information content (AvgIpc) is 2.97. The van der Waals surface area contributed by atoms with Crippen molar-refractivity contribution >= 4 is 40.0 Å². The number of aromatic nitrogens is 1. The number of aryl methyl sites for hydroxylation is 2. The lowest BCUT2D eigenvalue weighted by Gasteiger charge is -2.23. The van der Waals surface area contributed by atoms with Crippen LogP contribution in [0.1, 0.15) is 39.2 Å². The molecular weight excluding hydrogens is 471 g/mol. The number of benzene rings is 2. The molecule has 3 aromatic rings. The van der Waals surface area contributed by atoms with E-state index in [1.54, 1.807) is 12.1 Å². The van der Waals surface area contributed by atoms with Crippen molar-refractivity contribution in [3.8, 4) is 6.07 Å². The van der Waals surface area contributed by atoms with E-state index in [2.05, 4.69) is 21.6 Å². The summed E-state index contributed by atoms with van der Waals surface area (Å²) in [6.45, 7) is 5.56. The highest BCUT2D eigenvalue weighted by Gasteiger charge is 2.24. The molecule has 1 amide bonds. The molecule has 0 unspecified atom stereocenters. The van der Waals surface area contributed by atoms with Crippen molar-refractivity contribution in [1.29, 1.82) is 5.26 Å². The van der Waals surface area contributed by atoms with Crippen LogP contribution in [0.5, 0.6) is 0 Å². The highest BCUT2D eigenvalue weighted by Crippen LogP contribution is 2.33. The third-order valence-electron chi connectivity index (χ3n) is 6.66. The van der Waals surface area contributed by atoms with Crippen molar-refractivity contribution in [2.45, 2.75) is 19.8 Å². The first-order chi connectivity index (χ1) is 16.3. The third kappa shape index (κ3) is 4.80. The summed E-state index contributed by atoms with van der Waals surface area (Å²) in [6.07, 6.45) is 1.32. The Kier molecular flexibility index (Phi) is 7.49. The van der Waals surface area contributed by atoms with Crippen molar-refractivity contribution in [2.75, 3.05) is 39.3 Å². The summed E-state index contributed by atoms with van der Waals surface area (Å²) in [6, 6.07) is 11.5. The molecule has 0 radical (unpaired) electrons. The number of nitrogens with zero attached hydrogens (tertiary/aromatic N) is 4. The van der Waals surface area contributed by atoms with Gasteiger partial charge < -0.3 is 14.6 Å². The Morgan fingerprint density at radius 1 is 1.15 bits per heavy atom. The minimum absolute atomic E-state index is 0.0969. The van der Waals surface area contributed by atoms with E-state index < -0.39 is 0 Å². The second-order valence-electron chi connectivity index (χ2n) is 8.81. The number of nitriles is 1. The zero-order chi connectivity index (χ0) is 24.4. The molecule has 1 fully saturated rings. The highest BCUT2D eigenvalue weighted by atomic mass is 35.5. The molecule has 0 spiro atoms. The summed E-state index contributed by atoms with van der Waals surface area (Å²) in [7, 11) is 1.96. The van der Waals surface area contributed by atoms with Gasteiger partial charge in [-0.05, 0) is 61.3 Å². The number of fused-ring (bicyclic) bond motifs is 1. The van der Waals surface area contributed by atoms with Crippen molar-refractivity contribution in [3.63, 3.8) is 0 Å². The fraction of sp³-hybridized carbons (Fsp3) is 0.385. The van der Waals surface area contributed by atoms with Gasteiger partial charge in [0.1, 0.15) is 0 Å². The first-order valence-electron chi connectivity index (χ1n) is 11.4. The molecule has 1 aliphatic rings. The summed E-state index contributed by atoms with van der Waals surface area (Å²) in [5.41, 5.74) is 4.80. The maximum atomic E-state index is 13.4. The van der Waals surface area contributed by atoms with Gasteiger partial charge in [0.15, 0.2) is 0 Å². The Morgan fingerprint density at radius 2 is 1.94 bits per heavy atom. The number of carbonyl (C=O) groups excluding carboxylic acids is 1. The molecule has 1 aliphatic heterocycles. The molecule has 6 nitrogen and oxygen atoms in total. The Balaban J connectivity index is 1.64. The summed E-state index contributed by atoms with van der Waals surface area (Å²) >= 11 is 13.4. The second-order valence-corrected chi connectivity index (χ2v) is 9.59. The molecule has 2 heterocycles. The van der Waals surface area contributed by atoms with E-state index in [-0.39, 0.29) is 12.5 Å². The molecule has 1 saturated heterocycles. The summed E-state index contributed by atoms with van der Waals surface area (Å²) in [4.78, 5) is 17.4. The van der Waals surface area contributed by atoms with E-state index >= 15 is 0 Å². The predicted octanol–water partition coefficient (Wildman–Crippen LogP) is 4.40. The zero-order valence-electron chi connectivity index (χ0n) is 19.4. The van der Waals surface area contributed by atoms with Crippen molar-refractivity contribution in [2.24, 2.45) is 7.05 Å². The van der Waals surface area contributed by atoms with Crippen LogP contribution in [0.15, 0.2) is 30.3 Å². The van der Waals surface area contributed by atoms with E-state index in [9.17, 15) is 15.2 Å². The van der Waals surface area contributed by atoms with E-state index in [1.165, 1.54) is 0 Å². The fourth-order valence-electron chi connectivity index (χ4n) is 4.71. The Bertz CT molecular complexity index is 1280. The van der Waals surface area contributed by atoms with Crippen LogP contribution in [-0.2, 0) is 13.5 Å². The molecule has 1 N–H and O–H groups in total. The first-order valence-corrected chi connectivity index (χ1v) is 12.2. The van der Waals surface area contributed by atoms with Gasteiger partial charge >= 0.3 is 0 Å². The molecule has 0 atom stereocenters. The molecule has 0 bridgehead atoms. The molecular formula is C26H28Cl2N4O2. The molecule has 0 saturated carbocycles. The smallest absolute Gasteiger partial charge is 0.255 e. The number of halogens is 2. The lowest BCUT2D eigenvalue weighted by molar-refractivity contribution is 0.0760. The van der Waals surface area contributed by atoms with Crippen molar-refractivity contribution in [3.05, 3.63) is 68.3 Å². The van der Waals surface area contributed by atoms with Crippen LogP contribution in [0, 0.1) is 18.3 Å². The third-order valence-corrected chi connectivity index (χ3v) is 7.45. The molecule has 2 aromatic carbocycles. The number of amides is 1. The van der Waals surface area contributed by atoms with Crippen LogP contribution in [0.2, 0.25) is 10.0 Å². The molecule has 34 heavy (non-hydrogen) atoms. The number of aliphatic hydroxyl groups is 1. The summed E-state index contributed by atoms with van der Waals surface area (Å²) in [5.74, 6) is -0.0969. The number of carbonyl (C=O) groups is 1. The Hall–Kier alpha value is -2.56. The van der Waals surface area contributed by atoms with Gasteiger partial charge in [0.2, 0.25) is 0 Å². The summed E-state index contributed by atoms with van der Waals surface area (Å²) in [5, 5.41) is 20.5. The van der Waals surface area contributed by atoms with Crippen LogP contribution in [0.3, 0.4) is 0 Å².